The van der Waals surface area contributed by atoms with E-state index in [2.05, 4.69) is 0 Å². The minimum atomic E-state index is -1.08. The molecule has 0 N–H and O–H groups in total. The molecule has 124 valence electrons. The molecule has 1 aromatic rings. The maximum Gasteiger partial charge on any atom is 0.304 e. The van der Waals surface area contributed by atoms with Crippen LogP contribution in [0.2, 0.25) is 0 Å². The molecule has 0 aromatic heterocycles. The maximum absolute atomic E-state index is 12.5. The van der Waals surface area contributed by atoms with Crippen LogP contribution in [-0.2, 0) is 19.1 Å². The maximum atomic E-state index is 12.5. The number of benzene rings is 1. The zero-order chi connectivity index (χ0) is 17.4. The molecule has 1 aromatic carbocycles. The van der Waals surface area contributed by atoms with Crippen molar-refractivity contribution in [1.29, 1.82) is 0 Å². The minimum Gasteiger partial charge on any atom is -0.444 e. The molecule has 8 heteroatoms. The van der Waals surface area contributed by atoms with E-state index in [0.29, 0.717) is 0 Å². The number of nitrogens with zero attached hydrogens (tertiary/aromatic N) is 2. The lowest BCUT2D eigenvalue weighted by atomic mass is 10.0. The second kappa shape index (κ2) is 5.88. The molecule has 1 atom stereocenters. The summed E-state index contributed by atoms with van der Waals surface area (Å²) in [5.74, 6) is -2.99. The van der Waals surface area contributed by atoms with Gasteiger partial charge in [-0.2, -0.15) is 0 Å². The van der Waals surface area contributed by atoms with E-state index in [4.69, 9.17) is 4.74 Å². The molecule has 1 unspecified atom stereocenters. The van der Waals surface area contributed by atoms with Crippen molar-refractivity contribution >= 4 is 29.6 Å². The summed E-state index contributed by atoms with van der Waals surface area (Å²) in [4.78, 5) is 61.9. The van der Waals surface area contributed by atoms with Crippen LogP contribution in [0.3, 0.4) is 0 Å². The molecule has 24 heavy (non-hydrogen) atoms. The van der Waals surface area contributed by atoms with Crippen molar-refractivity contribution in [2.24, 2.45) is 0 Å². The average Bonchev–Trinajstić information content (AvgIpc) is 2.80. The van der Waals surface area contributed by atoms with Crippen LogP contribution in [0.15, 0.2) is 24.3 Å². The highest BCUT2D eigenvalue weighted by Crippen LogP contribution is 2.28. The predicted molar refractivity (Wildman–Crippen MR) is 78.5 cm³/mol. The highest BCUT2D eigenvalue weighted by atomic mass is 16.5. The predicted octanol–water partition coefficient (Wildman–Crippen LogP) is 0.321. The molecule has 3 rings (SSSR count). The molecule has 1 fully saturated rings. The Bertz CT molecular complexity index is 737. The van der Waals surface area contributed by atoms with E-state index < -0.39 is 42.4 Å². The second-order valence-corrected chi connectivity index (χ2v) is 5.51. The van der Waals surface area contributed by atoms with Crippen LogP contribution in [0.1, 0.15) is 40.5 Å². The number of hydrogen-bond donors (Lipinski definition) is 0. The molecular formula is C16H14N2O6. The topological polar surface area (TPSA) is 101 Å². The summed E-state index contributed by atoms with van der Waals surface area (Å²) in [5, 5.41) is 0. The average molecular weight is 330 g/mol. The lowest BCUT2D eigenvalue weighted by Gasteiger charge is -2.33. The molecule has 0 radical (unpaired) electrons. The SMILES string of the molecule is CC(=O)OCN1C(=O)CCC(N2C(=O)c3ccccc3C2=O)C1=O. The Labute approximate surface area is 137 Å². The van der Waals surface area contributed by atoms with Crippen molar-refractivity contribution in [1.82, 2.24) is 9.80 Å². The molecule has 8 nitrogen and oxygen atoms in total. The van der Waals surface area contributed by atoms with E-state index in [1.165, 1.54) is 12.1 Å². The van der Waals surface area contributed by atoms with E-state index >= 15 is 0 Å². The first-order valence-electron chi connectivity index (χ1n) is 7.36. The van der Waals surface area contributed by atoms with Gasteiger partial charge in [0.15, 0.2) is 6.73 Å². The van der Waals surface area contributed by atoms with Crippen molar-refractivity contribution in [3.63, 3.8) is 0 Å². The third-order valence-corrected chi connectivity index (χ3v) is 4.02. The molecule has 4 amide bonds. The van der Waals surface area contributed by atoms with Gasteiger partial charge in [0.2, 0.25) is 5.91 Å². The molecule has 0 spiro atoms. The summed E-state index contributed by atoms with van der Waals surface area (Å²) in [6.45, 7) is 0.632. The van der Waals surface area contributed by atoms with Gasteiger partial charge in [-0.05, 0) is 18.6 Å². The van der Waals surface area contributed by atoms with Crippen LogP contribution < -0.4 is 0 Å². The number of ether oxygens (including phenoxy) is 1. The molecule has 2 aliphatic rings. The van der Waals surface area contributed by atoms with Crippen LogP contribution in [0.5, 0.6) is 0 Å². The van der Waals surface area contributed by atoms with Crippen molar-refractivity contribution < 1.29 is 28.7 Å². The van der Waals surface area contributed by atoms with Gasteiger partial charge in [-0.15, -0.1) is 0 Å². The second-order valence-electron chi connectivity index (χ2n) is 5.51. The Morgan fingerprint density at radius 1 is 1.12 bits per heavy atom. The fraction of sp³-hybridized carbons (Fsp3) is 0.312. The van der Waals surface area contributed by atoms with Gasteiger partial charge in [-0.25, -0.2) is 4.90 Å². The summed E-state index contributed by atoms with van der Waals surface area (Å²) in [6, 6.07) is 5.22. The monoisotopic (exact) mass is 330 g/mol. The van der Waals surface area contributed by atoms with Crippen LogP contribution in [0.4, 0.5) is 0 Å². The van der Waals surface area contributed by atoms with Crippen molar-refractivity contribution in [2.75, 3.05) is 6.73 Å². The van der Waals surface area contributed by atoms with Gasteiger partial charge in [-0.3, -0.25) is 28.9 Å². The summed E-state index contributed by atoms with van der Waals surface area (Å²) in [5.41, 5.74) is 0.470. The number of carbonyl (C=O) groups excluding carboxylic acids is 5. The largest absolute Gasteiger partial charge is 0.444 e. The molecule has 1 saturated heterocycles. The Morgan fingerprint density at radius 3 is 2.25 bits per heavy atom. The summed E-state index contributed by atoms with van der Waals surface area (Å²) in [6.07, 6.45) is 0.0325. The molecule has 0 bridgehead atoms. The van der Waals surface area contributed by atoms with Gasteiger partial charge < -0.3 is 4.74 Å². The van der Waals surface area contributed by atoms with Gasteiger partial charge >= 0.3 is 5.97 Å². The number of piperidine rings is 1. The Balaban J connectivity index is 1.86. The van der Waals surface area contributed by atoms with Gasteiger partial charge in [0.25, 0.3) is 17.7 Å². The highest BCUT2D eigenvalue weighted by molar-refractivity contribution is 6.23. The van der Waals surface area contributed by atoms with Gasteiger partial charge in [0.1, 0.15) is 6.04 Å². The lowest BCUT2D eigenvalue weighted by Crippen LogP contribution is -2.56. The summed E-state index contributed by atoms with van der Waals surface area (Å²) in [7, 11) is 0. The van der Waals surface area contributed by atoms with Crippen LogP contribution in [0.25, 0.3) is 0 Å². The first-order chi connectivity index (χ1) is 11.4. The van der Waals surface area contributed by atoms with Crippen LogP contribution in [0, 0.1) is 0 Å². The quantitative estimate of drug-likeness (QED) is 0.584. The smallest absolute Gasteiger partial charge is 0.304 e. The molecule has 2 aliphatic heterocycles. The number of likely N-dealkylation sites (tertiary alicyclic amines) is 1. The number of fused-ring (bicyclic) bond motifs is 1. The van der Waals surface area contributed by atoms with Gasteiger partial charge in [0, 0.05) is 13.3 Å². The number of imide groups is 2. The number of rotatable bonds is 3. The fourth-order valence-electron chi connectivity index (χ4n) is 2.84. The number of carbonyl (C=O) groups is 5. The number of esters is 1. The van der Waals surface area contributed by atoms with Crippen molar-refractivity contribution in [2.45, 2.75) is 25.8 Å². The molecular weight excluding hydrogens is 316 g/mol. The first-order valence-corrected chi connectivity index (χ1v) is 7.36. The zero-order valence-corrected chi connectivity index (χ0v) is 12.9. The fourth-order valence-corrected chi connectivity index (χ4v) is 2.84. The summed E-state index contributed by atoms with van der Waals surface area (Å²) < 4.78 is 4.71. The standard InChI is InChI=1S/C16H14N2O6/c1-9(19)24-8-17-13(20)7-6-12(16(17)23)18-14(21)10-4-2-3-5-11(10)15(18)22/h2-5,12H,6-8H2,1H3. The zero-order valence-electron chi connectivity index (χ0n) is 12.9. The van der Waals surface area contributed by atoms with Crippen LogP contribution >= 0.6 is 0 Å². The van der Waals surface area contributed by atoms with Crippen molar-refractivity contribution in [3.8, 4) is 0 Å². The Hall–Kier alpha value is -3.03. The van der Waals surface area contributed by atoms with E-state index in [-0.39, 0.29) is 24.0 Å². The number of amides is 4. The Kier molecular flexibility index (Phi) is 3.88. The van der Waals surface area contributed by atoms with E-state index in [1.54, 1.807) is 12.1 Å². The van der Waals surface area contributed by atoms with Gasteiger partial charge in [-0.1, -0.05) is 12.1 Å². The highest BCUT2D eigenvalue weighted by Gasteiger charge is 2.46. The molecule has 2 heterocycles. The number of hydrogen-bond acceptors (Lipinski definition) is 6. The normalized spacial score (nSPS) is 20.5. The first kappa shape index (κ1) is 15.9. The molecule has 0 aliphatic carbocycles. The van der Waals surface area contributed by atoms with E-state index in [1.807, 2.05) is 0 Å². The van der Waals surface area contributed by atoms with Gasteiger partial charge in [0.05, 0.1) is 11.1 Å². The summed E-state index contributed by atoms with van der Waals surface area (Å²) >= 11 is 0. The van der Waals surface area contributed by atoms with E-state index in [9.17, 15) is 24.0 Å². The minimum absolute atomic E-state index is 0.0227. The van der Waals surface area contributed by atoms with Crippen LogP contribution in [-0.4, -0.2) is 52.2 Å². The van der Waals surface area contributed by atoms with Crippen molar-refractivity contribution in [3.05, 3.63) is 35.4 Å². The lowest BCUT2D eigenvalue weighted by molar-refractivity contribution is -0.162. The third kappa shape index (κ3) is 2.45. The molecule has 0 saturated carbocycles. The van der Waals surface area contributed by atoms with E-state index in [0.717, 1.165) is 16.7 Å². The third-order valence-electron chi connectivity index (χ3n) is 4.02. The Morgan fingerprint density at radius 2 is 1.71 bits per heavy atom.